The van der Waals surface area contributed by atoms with Crippen LogP contribution < -0.4 is 10.6 Å². The molecule has 0 bridgehead atoms. The maximum Gasteiger partial charge on any atom is 0.191 e. The molecule has 1 aliphatic carbocycles. The Morgan fingerprint density at radius 3 is 2.39 bits per heavy atom. The Hall–Kier alpha value is -0.850. The number of hydrogen-bond donors (Lipinski definition) is 2. The third-order valence-electron chi connectivity index (χ3n) is 6.96. The second kappa shape index (κ2) is 10.8. The monoisotopic (exact) mass is 392 g/mol. The highest BCUT2D eigenvalue weighted by Gasteiger charge is 2.30. The Balaban J connectivity index is 1.53. The number of piperazine rings is 1. The van der Waals surface area contributed by atoms with Crippen LogP contribution >= 0.6 is 0 Å². The topological polar surface area (TPSA) is 46.1 Å². The van der Waals surface area contributed by atoms with Crippen molar-refractivity contribution < 1.29 is 0 Å². The number of hydrogen-bond acceptors (Lipinski definition) is 4. The first-order valence-electron chi connectivity index (χ1n) is 11.8. The maximum absolute atomic E-state index is 5.04. The molecular formula is C22H44N6. The van der Waals surface area contributed by atoms with Crippen LogP contribution in [-0.2, 0) is 0 Å². The van der Waals surface area contributed by atoms with E-state index < -0.39 is 0 Å². The van der Waals surface area contributed by atoms with Gasteiger partial charge in [0, 0.05) is 63.9 Å². The number of guanidine groups is 1. The summed E-state index contributed by atoms with van der Waals surface area (Å²) in [5.74, 6) is 1.64. The van der Waals surface area contributed by atoms with Gasteiger partial charge < -0.3 is 15.5 Å². The molecule has 2 atom stereocenters. The van der Waals surface area contributed by atoms with E-state index in [0.717, 1.165) is 38.2 Å². The van der Waals surface area contributed by atoms with Gasteiger partial charge in [0.15, 0.2) is 5.96 Å². The van der Waals surface area contributed by atoms with Crippen molar-refractivity contribution in [3.05, 3.63) is 0 Å². The lowest BCUT2D eigenvalue weighted by atomic mass is 10.0. The smallest absolute Gasteiger partial charge is 0.191 e. The van der Waals surface area contributed by atoms with Gasteiger partial charge in [-0.1, -0.05) is 26.7 Å². The Kier molecular flexibility index (Phi) is 8.42. The molecule has 0 radical (unpaired) electrons. The minimum Gasteiger partial charge on any atom is -0.357 e. The number of likely N-dealkylation sites (N-methyl/N-ethyl adjacent to an activating group) is 1. The lowest BCUT2D eigenvalue weighted by Gasteiger charge is -2.39. The summed E-state index contributed by atoms with van der Waals surface area (Å²) in [5.41, 5.74) is 0. The second-order valence-corrected chi connectivity index (χ2v) is 9.43. The summed E-state index contributed by atoms with van der Waals surface area (Å²) >= 11 is 0. The van der Waals surface area contributed by atoms with E-state index in [1.165, 1.54) is 58.3 Å². The van der Waals surface area contributed by atoms with Gasteiger partial charge in [0.05, 0.1) is 6.54 Å². The molecule has 2 aliphatic heterocycles. The van der Waals surface area contributed by atoms with E-state index in [-0.39, 0.29) is 0 Å². The van der Waals surface area contributed by atoms with Crippen LogP contribution in [0.2, 0.25) is 0 Å². The second-order valence-electron chi connectivity index (χ2n) is 9.43. The third-order valence-corrected chi connectivity index (χ3v) is 6.96. The lowest BCUT2D eigenvalue weighted by Crippen LogP contribution is -2.52. The third kappa shape index (κ3) is 6.07. The minimum absolute atomic E-state index is 0.530. The number of nitrogens with zero attached hydrogens (tertiary/aromatic N) is 4. The Morgan fingerprint density at radius 1 is 1.04 bits per heavy atom. The molecule has 0 aromatic heterocycles. The van der Waals surface area contributed by atoms with Gasteiger partial charge in [-0.3, -0.25) is 14.8 Å². The molecular weight excluding hydrogens is 348 g/mol. The molecule has 2 saturated heterocycles. The van der Waals surface area contributed by atoms with E-state index >= 15 is 0 Å². The first-order chi connectivity index (χ1) is 13.6. The van der Waals surface area contributed by atoms with Gasteiger partial charge in [0.2, 0.25) is 0 Å². The lowest BCUT2D eigenvalue weighted by molar-refractivity contribution is 0.0925. The summed E-state index contributed by atoms with van der Waals surface area (Å²) in [6.45, 7) is 15.8. The Bertz CT molecular complexity index is 479. The SMILES string of the molecule is CCNC(=NCC(C(C)C)N1CCN(C)CC1)NC1CCN(C2CCCC2)C1. The van der Waals surface area contributed by atoms with Crippen LogP contribution in [-0.4, -0.2) is 98.2 Å². The first kappa shape index (κ1) is 21.8. The largest absolute Gasteiger partial charge is 0.357 e. The van der Waals surface area contributed by atoms with Gasteiger partial charge in [-0.05, 0) is 39.2 Å². The van der Waals surface area contributed by atoms with E-state index in [9.17, 15) is 0 Å². The van der Waals surface area contributed by atoms with E-state index in [2.05, 4.69) is 53.2 Å². The number of rotatable bonds is 7. The summed E-state index contributed by atoms with van der Waals surface area (Å²) in [5, 5.41) is 7.24. The molecule has 0 aromatic rings. The van der Waals surface area contributed by atoms with Crippen LogP contribution in [0.3, 0.4) is 0 Å². The molecule has 6 nitrogen and oxygen atoms in total. The molecule has 2 N–H and O–H groups in total. The zero-order valence-electron chi connectivity index (χ0n) is 18.8. The first-order valence-corrected chi connectivity index (χ1v) is 11.8. The predicted molar refractivity (Wildman–Crippen MR) is 119 cm³/mol. The van der Waals surface area contributed by atoms with Gasteiger partial charge in [0.25, 0.3) is 0 Å². The van der Waals surface area contributed by atoms with Gasteiger partial charge in [-0.15, -0.1) is 0 Å². The molecule has 0 aromatic carbocycles. The van der Waals surface area contributed by atoms with Gasteiger partial charge in [-0.25, -0.2) is 0 Å². The summed E-state index contributed by atoms with van der Waals surface area (Å²) in [6.07, 6.45) is 6.90. The average Bonchev–Trinajstić information content (AvgIpc) is 3.34. The molecule has 0 amide bonds. The fraction of sp³-hybridized carbons (Fsp3) is 0.955. The maximum atomic E-state index is 5.04. The molecule has 3 aliphatic rings. The van der Waals surface area contributed by atoms with E-state index in [4.69, 9.17) is 4.99 Å². The van der Waals surface area contributed by atoms with Crippen LogP contribution in [0, 0.1) is 5.92 Å². The van der Waals surface area contributed by atoms with Crippen LogP contribution in [0.1, 0.15) is 52.9 Å². The van der Waals surface area contributed by atoms with Crippen LogP contribution in [0.25, 0.3) is 0 Å². The highest BCUT2D eigenvalue weighted by Crippen LogP contribution is 2.26. The summed E-state index contributed by atoms with van der Waals surface area (Å²) < 4.78 is 0. The summed E-state index contributed by atoms with van der Waals surface area (Å²) in [4.78, 5) is 12.8. The molecule has 3 rings (SSSR count). The molecule has 1 saturated carbocycles. The molecule has 2 unspecified atom stereocenters. The van der Waals surface area contributed by atoms with Crippen molar-refractivity contribution in [2.24, 2.45) is 10.9 Å². The summed E-state index contributed by atoms with van der Waals surface area (Å²) in [7, 11) is 2.23. The zero-order chi connectivity index (χ0) is 19.9. The summed E-state index contributed by atoms with van der Waals surface area (Å²) in [6, 6.07) is 1.91. The van der Waals surface area contributed by atoms with Crippen molar-refractivity contribution in [1.29, 1.82) is 0 Å². The Labute approximate surface area is 173 Å². The number of aliphatic imine (C=N–C) groups is 1. The van der Waals surface area contributed by atoms with Crippen molar-refractivity contribution in [1.82, 2.24) is 25.3 Å². The van der Waals surface area contributed by atoms with Crippen LogP contribution in [0.4, 0.5) is 0 Å². The fourth-order valence-corrected chi connectivity index (χ4v) is 5.11. The predicted octanol–water partition coefficient (Wildman–Crippen LogP) is 1.83. The zero-order valence-corrected chi connectivity index (χ0v) is 18.8. The average molecular weight is 393 g/mol. The van der Waals surface area contributed by atoms with Crippen molar-refractivity contribution in [3.8, 4) is 0 Å². The minimum atomic E-state index is 0.530. The van der Waals surface area contributed by atoms with E-state index in [1.54, 1.807) is 0 Å². The molecule has 28 heavy (non-hydrogen) atoms. The van der Waals surface area contributed by atoms with Crippen LogP contribution in [0.5, 0.6) is 0 Å². The van der Waals surface area contributed by atoms with Gasteiger partial charge >= 0.3 is 0 Å². The van der Waals surface area contributed by atoms with Gasteiger partial charge in [0.1, 0.15) is 0 Å². The molecule has 2 heterocycles. The van der Waals surface area contributed by atoms with Crippen molar-refractivity contribution >= 4 is 5.96 Å². The van der Waals surface area contributed by atoms with Crippen LogP contribution in [0.15, 0.2) is 4.99 Å². The molecule has 6 heteroatoms. The number of likely N-dealkylation sites (tertiary alicyclic amines) is 1. The highest BCUT2D eigenvalue weighted by atomic mass is 15.3. The van der Waals surface area contributed by atoms with Crippen molar-refractivity contribution in [2.75, 3.05) is 59.4 Å². The van der Waals surface area contributed by atoms with Crippen molar-refractivity contribution in [3.63, 3.8) is 0 Å². The van der Waals surface area contributed by atoms with E-state index in [1.807, 2.05) is 0 Å². The van der Waals surface area contributed by atoms with Crippen molar-refractivity contribution in [2.45, 2.75) is 71.0 Å². The standard InChI is InChI=1S/C22H44N6/c1-5-23-22(25-19-10-11-28(17-19)20-8-6-7-9-20)24-16-21(18(2)3)27-14-12-26(4)13-15-27/h18-21H,5-17H2,1-4H3,(H2,23,24,25). The van der Waals surface area contributed by atoms with E-state index in [0.29, 0.717) is 18.0 Å². The molecule has 162 valence electrons. The highest BCUT2D eigenvalue weighted by molar-refractivity contribution is 5.80. The Morgan fingerprint density at radius 2 is 1.75 bits per heavy atom. The molecule has 3 fully saturated rings. The number of nitrogens with one attached hydrogen (secondary N) is 2. The van der Waals surface area contributed by atoms with Gasteiger partial charge in [-0.2, -0.15) is 0 Å². The quantitative estimate of drug-likeness (QED) is 0.511. The molecule has 0 spiro atoms. The fourth-order valence-electron chi connectivity index (χ4n) is 5.11. The normalized spacial score (nSPS) is 27.6.